The van der Waals surface area contributed by atoms with Crippen molar-refractivity contribution in [1.82, 2.24) is 4.98 Å². The van der Waals surface area contributed by atoms with Crippen LogP contribution in [0.25, 0.3) is 0 Å². The van der Waals surface area contributed by atoms with E-state index in [-0.39, 0.29) is 0 Å². The zero-order chi connectivity index (χ0) is 13.1. The van der Waals surface area contributed by atoms with Gasteiger partial charge in [0.2, 0.25) is 0 Å². The summed E-state index contributed by atoms with van der Waals surface area (Å²) in [6.45, 7) is 6.01. The average Bonchev–Trinajstić information content (AvgIpc) is 2.34. The third-order valence-corrected chi connectivity index (χ3v) is 3.24. The lowest BCUT2D eigenvalue weighted by atomic mass is 10.2. The molecule has 1 heterocycles. The van der Waals surface area contributed by atoms with Crippen LogP contribution >= 0.6 is 11.6 Å². The predicted molar refractivity (Wildman–Crippen MR) is 74.6 cm³/mol. The fourth-order valence-corrected chi connectivity index (χ4v) is 1.85. The van der Waals surface area contributed by atoms with Gasteiger partial charge in [0.1, 0.15) is 11.5 Å². The monoisotopic (exact) mass is 261 g/mol. The van der Waals surface area contributed by atoms with Crippen LogP contribution in [0.15, 0.2) is 30.5 Å². The Kier molecular flexibility index (Phi) is 3.87. The average molecular weight is 262 g/mol. The third kappa shape index (κ3) is 2.82. The van der Waals surface area contributed by atoms with Gasteiger partial charge in [0.15, 0.2) is 0 Å². The summed E-state index contributed by atoms with van der Waals surface area (Å²) in [6, 6.07) is 7.64. The van der Waals surface area contributed by atoms with Crippen LogP contribution in [0.2, 0.25) is 5.02 Å². The Bertz CT molecular complexity index is 566. The van der Waals surface area contributed by atoms with Crippen LogP contribution in [0.1, 0.15) is 23.7 Å². The van der Waals surface area contributed by atoms with Crippen LogP contribution in [0.5, 0.6) is 11.5 Å². The topological polar surface area (TPSA) is 22.1 Å². The Hall–Kier alpha value is -1.54. The summed E-state index contributed by atoms with van der Waals surface area (Å²) in [7, 11) is 0. The van der Waals surface area contributed by atoms with E-state index in [1.165, 1.54) is 0 Å². The fourth-order valence-electron chi connectivity index (χ4n) is 1.73. The van der Waals surface area contributed by atoms with Crippen molar-refractivity contribution in [2.75, 3.05) is 0 Å². The maximum Gasteiger partial charge on any atom is 0.133 e. The van der Waals surface area contributed by atoms with Gasteiger partial charge in [-0.2, -0.15) is 0 Å². The lowest BCUT2D eigenvalue weighted by molar-refractivity contribution is 0.475. The van der Waals surface area contributed by atoms with E-state index in [9.17, 15) is 0 Å². The molecule has 94 valence electrons. The van der Waals surface area contributed by atoms with Crippen LogP contribution in [0.4, 0.5) is 0 Å². The first kappa shape index (κ1) is 12.9. The molecular weight excluding hydrogens is 246 g/mol. The first-order valence-electron chi connectivity index (χ1n) is 5.99. The van der Waals surface area contributed by atoms with Gasteiger partial charge in [-0.05, 0) is 44.0 Å². The Labute approximate surface area is 113 Å². The lowest BCUT2D eigenvalue weighted by Gasteiger charge is -2.11. The van der Waals surface area contributed by atoms with E-state index in [0.29, 0.717) is 0 Å². The molecule has 0 fully saturated rings. The number of hydrogen-bond acceptors (Lipinski definition) is 2. The van der Waals surface area contributed by atoms with Crippen LogP contribution in [-0.2, 0) is 6.42 Å². The third-order valence-electron chi connectivity index (χ3n) is 2.82. The highest BCUT2D eigenvalue weighted by atomic mass is 35.5. The van der Waals surface area contributed by atoms with Crippen molar-refractivity contribution in [2.24, 2.45) is 0 Å². The molecule has 0 N–H and O–H groups in total. The highest BCUT2D eigenvalue weighted by Gasteiger charge is 2.06. The molecule has 2 aromatic rings. The maximum atomic E-state index is 6.00. The molecule has 0 radical (unpaired) electrons. The molecule has 1 aromatic carbocycles. The summed E-state index contributed by atoms with van der Waals surface area (Å²) in [5.41, 5.74) is 3.07. The molecule has 0 saturated heterocycles. The summed E-state index contributed by atoms with van der Waals surface area (Å²) >= 11 is 6.00. The fraction of sp³-hybridized carbons (Fsp3) is 0.267. The largest absolute Gasteiger partial charge is 0.457 e. The number of halogens is 1. The van der Waals surface area contributed by atoms with E-state index >= 15 is 0 Å². The van der Waals surface area contributed by atoms with E-state index in [1.807, 2.05) is 44.3 Å². The minimum Gasteiger partial charge on any atom is -0.457 e. The van der Waals surface area contributed by atoms with E-state index < -0.39 is 0 Å². The second-order valence-electron chi connectivity index (χ2n) is 4.30. The molecule has 3 heteroatoms. The zero-order valence-electron chi connectivity index (χ0n) is 10.8. The predicted octanol–water partition coefficient (Wildman–Crippen LogP) is 4.71. The molecule has 1 aromatic heterocycles. The molecule has 0 bridgehead atoms. The van der Waals surface area contributed by atoms with E-state index in [0.717, 1.165) is 39.8 Å². The maximum absolute atomic E-state index is 6.00. The molecule has 2 rings (SSSR count). The summed E-state index contributed by atoms with van der Waals surface area (Å²) < 4.78 is 5.92. The summed E-state index contributed by atoms with van der Waals surface area (Å²) in [4.78, 5) is 4.28. The number of pyridine rings is 1. The van der Waals surface area contributed by atoms with Crippen molar-refractivity contribution in [3.05, 3.63) is 52.3 Å². The number of ether oxygens (including phenoxy) is 1. The number of aromatic nitrogens is 1. The quantitative estimate of drug-likeness (QED) is 0.798. The standard InChI is InChI=1S/C15H16ClNO/c1-4-12-9-17-11(3)8-15(12)18-13-5-6-14(16)10(2)7-13/h5-9H,4H2,1-3H3. The van der Waals surface area contributed by atoms with Gasteiger partial charge >= 0.3 is 0 Å². The van der Waals surface area contributed by atoms with Gasteiger partial charge in [0, 0.05) is 28.5 Å². The Morgan fingerprint density at radius 2 is 2.00 bits per heavy atom. The normalized spacial score (nSPS) is 10.4. The van der Waals surface area contributed by atoms with Crippen molar-refractivity contribution in [2.45, 2.75) is 27.2 Å². The van der Waals surface area contributed by atoms with Gasteiger partial charge in [0.05, 0.1) is 0 Å². The number of aryl methyl sites for hydroxylation is 3. The molecule has 0 saturated carbocycles. The van der Waals surface area contributed by atoms with Crippen molar-refractivity contribution in [1.29, 1.82) is 0 Å². The number of hydrogen-bond donors (Lipinski definition) is 0. The van der Waals surface area contributed by atoms with Crippen molar-refractivity contribution < 1.29 is 4.74 Å². The molecule has 0 aliphatic rings. The number of rotatable bonds is 3. The Balaban J connectivity index is 2.33. The van der Waals surface area contributed by atoms with Gasteiger partial charge in [-0.15, -0.1) is 0 Å². The second-order valence-corrected chi connectivity index (χ2v) is 4.71. The highest BCUT2D eigenvalue weighted by Crippen LogP contribution is 2.28. The van der Waals surface area contributed by atoms with E-state index in [4.69, 9.17) is 16.3 Å². The minimum atomic E-state index is 0.754. The number of benzene rings is 1. The molecular formula is C15H16ClNO. The van der Waals surface area contributed by atoms with Gasteiger partial charge in [-0.3, -0.25) is 4.98 Å². The molecule has 0 amide bonds. The van der Waals surface area contributed by atoms with Crippen molar-refractivity contribution >= 4 is 11.6 Å². The second kappa shape index (κ2) is 5.40. The molecule has 18 heavy (non-hydrogen) atoms. The molecule has 0 unspecified atom stereocenters. The molecule has 0 spiro atoms. The smallest absolute Gasteiger partial charge is 0.133 e. The first-order valence-corrected chi connectivity index (χ1v) is 6.37. The first-order chi connectivity index (χ1) is 8.60. The van der Waals surface area contributed by atoms with Crippen LogP contribution < -0.4 is 4.74 Å². The molecule has 2 nitrogen and oxygen atoms in total. The van der Waals surface area contributed by atoms with Crippen LogP contribution in [-0.4, -0.2) is 4.98 Å². The van der Waals surface area contributed by atoms with Crippen molar-refractivity contribution in [3.63, 3.8) is 0 Å². The summed E-state index contributed by atoms with van der Waals surface area (Å²) in [6.07, 6.45) is 2.77. The SMILES string of the molecule is CCc1cnc(C)cc1Oc1ccc(Cl)c(C)c1. The van der Waals surface area contributed by atoms with Gasteiger partial charge in [0.25, 0.3) is 0 Å². The molecule has 0 aliphatic heterocycles. The lowest BCUT2D eigenvalue weighted by Crippen LogP contribution is -1.94. The Morgan fingerprint density at radius 3 is 2.67 bits per heavy atom. The van der Waals surface area contributed by atoms with E-state index in [2.05, 4.69) is 11.9 Å². The summed E-state index contributed by atoms with van der Waals surface area (Å²) in [5.74, 6) is 1.67. The van der Waals surface area contributed by atoms with Crippen LogP contribution in [0.3, 0.4) is 0 Å². The van der Waals surface area contributed by atoms with Crippen LogP contribution in [0, 0.1) is 13.8 Å². The molecule has 0 atom stereocenters. The highest BCUT2D eigenvalue weighted by molar-refractivity contribution is 6.31. The van der Waals surface area contributed by atoms with Gasteiger partial charge in [-0.1, -0.05) is 18.5 Å². The zero-order valence-corrected chi connectivity index (χ0v) is 11.6. The van der Waals surface area contributed by atoms with Crippen molar-refractivity contribution in [3.8, 4) is 11.5 Å². The Morgan fingerprint density at radius 1 is 1.22 bits per heavy atom. The van der Waals surface area contributed by atoms with E-state index in [1.54, 1.807) is 0 Å². The molecule has 0 aliphatic carbocycles. The minimum absolute atomic E-state index is 0.754. The summed E-state index contributed by atoms with van der Waals surface area (Å²) in [5, 5.41) is 0.754. The van der Waals surface area contributed by atoms with Gasteiger partial charge < -0.3 is 4.74 Å². The number of nitrogens with zero attached hydrogens (tertiary/aromatic N) is 1. The van der Waals surface area contributed by atoms with Gasteiger partial charge in [-0.25, -0.2) is 0 Å².